The lowest BCUT2D eigenvalue weighted by Crippen LogP contribution is -2.42. The molecule has 3 heterocycles. The van der Waals surface area contributed by atoms with E-state index in [0.717, 1.165) is 24.9 Å². The molecule has 2 aliphatic heterocycles. The van der Waals surface area contributed by atoms with Crippen LogP contribution in [0.1, 0.15) is 24.4 Å². The molecule has 25 heavy (non-hydrogen) atoms. The second kappa shape index (κ2) is 6.63. The fourth-order valence-electron chi connectivity index (χ4n) is 3.52. The molecule has 1 aromatic carbocycles. The minimum absolute atomic E-state index is 0.0466. The molecule has 0 bridgehead atoms. The molecule has 6 heteroatoms. The number of amides is 1. The molecule has 0 spiro atoms. The lowest BCUT2D eigenvalue weighted by Gasteiger charge is -2.34. The van der Waals surface area contributed by atoms with E-state index in [1.165, 1.54) is 0 Å². The van der Waals surface area contributed by atoms with Gasteiger partial charge in [0.05, 0.1) is 18.7 Å². The highest BCUT2D eigenvalue weighted by Gasteiger charge is 2.28. The summed E-state index contributed by atoms with van der Waals surface area (Å²) in [6.07, 6.45) is 7.68. The molecule has 2 aromatic rings. The van der Waals surface area contributed by atoms with Gasteiger partial charge in [0.2, 0.25) is 0 Å². The highest BCUT2D eigenvalue weighted by Crippen LogP contribution is 2.36. The van der Waals surface area contributed by atoms with Crippen LogP contribution in [0.25, 0.3) is 6.08 Å². The average Bonchev–Trinajstić information content (AvgIpc) is 3.21. The number of hydrogen-bond acceptors (Lipinski definition) is 4. The van der Waals surface area contributed by atoms with Crippen molar-refractivity contribution in [3.63, 3.8) is 0 Å². The molecule has 2 aliphatic rings. The quantitative estimate of drug-likeness (QED) is 0.862. The molecule has 0 saturated carbocycles. The lowest BCUT2D eigenvalue weighted by molar-refractivity contribution is -0.129. The van der Waals surface area contributed by atoms with Gasteiger partial charge in [-0.05, 0) is 31.1 Å². The standard InChI is InChI=1S/C19H21N3O3/c1-24-17-7-2-5-14-11-15(13-25-18(14)17)19(23)21-9-3-6-16(12-21)22-10-4-8-20-22/h2,4-5,7-8,10-11,16H,3,6,9,12-13H2,1H3/t16-/m0/s1. The van der Waals surface area contributed by atoms with Gasteiger partial charge in [-0.1, -0.05) is 12.1 Å². The molecule has 4 rings (SSSR count). The Morgan fingerprint density at radius 2 is 2.28 bits per heavy atom. The van der Waals surface area contributed by atoms with Gasteiger partial charge in [0.1, 0.15) is 6.61 Å². The third-order valence-electron chi connectivity index (χ3n) is 4.79. The van der Waals surface area contributed by atoms with Crippen molar-refractivity contribution >= 4 is 12.0 Å². The fraction of sp³-hybridized carbons (Fsp3) is 0.368. The van der Waals surface area contributed by atoms with Crippen LogP contribution in [0.2, 0.25) is 0 Å². The van der Waals surface area contributed by atoms with Gasteiger partial charge in [0, 0.05) is 31.0 Å². The van der Waals surface area contributed by atoms with Gasteiger partial charge in [0.25, 0.3) is 5.91 Å². The molecular formula is C19H21N3O3. The number of hydrogen-bond donors (Lipinski definition) is 0. The minimum Gasteiger partial charge on any atom is -0.493 e. The number of likely N-dealkylation sites (tertiary alicyclic amines) is 1. The number of methoxy groups -OCH3 is 1. The molecule has 1 amide bonds. The Kier molecular flexibility index (Phi) is 4.17. The molecule has 0 unspecified atom stereocenters. The smallest absolute Gasteiger partial charge is 0.253 e. The van der Waals surface area contributed by atoms with Gasteiger partial charge >= 0.3 is 0 Å². The summed E-state index contributed by atoms with van der Waals surface area (Å²) in [5, 5.41) is 4.32. The molecule has 130 valence electrons. The molecule has 6 nitrogen and oxygen atoms in total. The van der Waals surface area contributed by atoms with Gasteiger partial charge in [-0.2, -0.15) is 5.10 Å². The molecule has 0 aliphatic carbocycles. The second-order valence-corrected chi connectivity index (χ2v) is 6.37. The van der Waals surface area contributed by atoms with Crippen LogP contribution in [0.4, 0.5) is 0 Å². The number of rotatable bonds is 3. The van der Waals surface area contributed by atoms with Crippen molar-refractivity contribution in [3.05, 3.63) is 47.8 Å². The third-order valence-corrected chi connectivity index (χ3v) is 4.79. The zero-order valence-electron chi connectivity index (χ0n) is 14.2. The normalized spacial score (nSPS) is 19.6. The van der Waals surface area contributed by atoms with Crippen molar-refractivity contribution in [2.24, 2.45) is 0 Å². The van der Waals surface area contributed by atoms with Crippen LogP contribution < -0.4 is 9.47 Å². The second-order valence-electron chi connectivity index (χ2n) is 6.37. The first-order valence-corrected chi connectivity index (χ1v) is 8.55. The van der Waals surface area contributed by atoms with Crippen molar-refractivity contribution < 1.29 is 14.3 Å². The SMILES string of the molecule is COc1cccc2c1OCC(C(=O)N1CCC[C@H](n3cccn3)C1)=C2. The summed E-state index contributed by atoms with van der Waals surface area (Å²) in [6, 6.07) is 7.86. The Morgan fingerprint density at radius 3 is 3.08 bits per heavy atom. The highest BCUT2D eigenvalue weighted by atomic mass is 16.5. The first-order valence-electron chi connectivity index (χ1n) is 8.55. The molecular weight excluding hydrogens is 318 g/mol. The predicted octanol–water partition coefficient (Wildman–Crippen LogP) is 2.53. The third kappa shape index (κ3) is 2.99. The summed E-state index contributed by atoms with van der Waals surface area (Å²) in [7, 11) is 1.62. The number of ether oxygens (including phenoxy) is 2. The molecule has 0 radical (unpaired) electrons. The fourth-order valence-corrected chi connectivity index (χ4v) is 3.52. The first-order chi connectivity index (χ1) is 12.3. The topological polar surface area (TPSA) is 56.6 Å². The van der Waals surface area contributed by atoms with Crippen molar-refractivity contribution in [1.82, 2.24) is 14.7 Å². The van der Waals surface area contributed by atoms with Gasteiger partial charge in [-0.15, -0.1) is 0 Å². The zero-order valence-corrected chi connectivity index (χ0v) is 14.2. The van der Waals surface area contributed by atoms with E-state index >= 15 is 0 Å². The number of nitrogens with zero attached hydrogens (tertiary/aromatic N) is 3. The zero-order chi connectivity index (χ0) is 17.2. The number of carbonyl (C=O) groups is 1. The van der Waals surface area contributed by atoms with Crippen LogP contribution in [0.5, 0.6) is 11.5 Å². The molecule has 1 fully saturated rings. The number of para-hydroxylation sites is 1. The van der Waals surface area contributed by atoms with Gasteiger partial charge in [-0.3, -0.25) is 9.48 Å². The van der Waals surface area contributed by atoms with E-state index in [0.29, 0.717) is 23.6 Å². The minimum atomic E-state index is 0.0466. The summed E-state index contributed by atoms with van der Waals surface area (Å²) >= 11 is 0. The van der Waals surface area contributed by atoms with Crippen LogP contribution >= 0.6 is 0 Å². The Hall–Kier alpha value is -2.76. The first kappa shape index (κ1) is 15.7. The summed E-state index contributed by atoms with van der Waals surface area (Å²) in [5.74, 6) is 1.44. The van der Waals surface area contributed by atoms with E-state index in [1.807, 2.05) is 46.1 Å². The largest absolute Gasteiger partial charge is 0.493 e. The molecule has 0 N–H and O–H groups in total. The highest BCUT2D eigenvalue weighted by molar-refractivity contribution is 5.99. The molecule has 1 saturated heterocycles. The van der Waals surface area contributed by atoms with Gasteiger partial charge in [0.15, 0.2) is 11.5 Å². The van der Waals surface area contributed by atoms with Crippen molar-refractivity contribution in [3.8, 4) is 11.5 Å². The van der Waals surface area contributed by atoms with E-state index in [-0.39, 0.29) is 18.6 Å². The summed E-state index contributed by atoms with van der Waals surface area (Å²) < 4.78 is 13.1. The number of aromatic nitrogens is 2. The van der Waals surface area contributed by atoms with Crippen LogP contribution in [0, 0.1) is 0 Å². The van der Waals surface area contributed by atoms with Crippen molar-refractivity contribution in [1.29, 1.82) is 0 Å². The monoisotopic (exact) mass is 339 g/mol. The lowest BCUT2D eigenvalue weighted by atomic mass is 10.0. The van der Waals surface area contributed by atoms with Crippen molar-refractivity contribution in [2.45, 2.75) is 18.9 Å². The average molecular weight is 339 g/mol. The Bertz CT molecular complexity index is 798. The number of benzene rings is 1. The number of carbonyl (C=O) groups excluding carboxylic acids is 1. The van der Waals surface area contributed by atoms with Crippen LogP contribution in [0.15, 0.2) is 42.2 Å². The van der Waals surface area contributed by atoms with E-state index in [2.05, 4.69) is 5.10 Å². The Balaban J connectivity index is 1.53. The number of fused-ring (bicyclic) bond motifs is 1. The summed E-state index contributed by atoms with van der Waals surface area (Å²) in [5.41, 5.74) is 1.57. The van der Waals surface area contributed by atoms with E-state index in [1.54, 1.807) is 13.3 Å². The predicted molar refractivity (Wildman–Crippen MR) is 93.5 cm³/mol. The van der Waals surface area contributed by atoms with Crippen LogP contribution in [-0.2, 0) is 4.79 Å². The molecule has 1 aromatic heterocycles. The maximum absolute atomic E-state index is 12.9. The Morgan fingerprint density at radius 1 is 1.36 bits per heavy atom. The summed E-state index contributed by atoms with van der Waals surface area (Å²) in [4.78, 5) is 14.9. The maximum atomic E-state index is 12.9. The van der Waals surface area contributed by atoms with E-state index in [4.69, 9.17) is 9.47 Å². The van der Waals surface area contributed by atoms with Crippen LogP contribution in [0.3, 0.4) is 0 Å². The van der Waals surface area contributed by atoms with Crippen LogP contribution in [-0.4, -0.2) is 47.4 Å². The van der Waals surface area contributed by atoms with Gasteiger partial charge in [-0.25, -0.2) is 0 Å². The van der Waals surface area contributed by atoms with E-state index in [9.17, 15) is 4.79 Å². The van der Waals surface area contributed by atoms with Crippen molar-refractivity contribution in [2.75, 3.05) is 26.8 Å². The Labute approximate surface area is 146 Å². The van der Waals surface area contributed by atoms with E-state index < -0.39 is 0 Å². The maximum Gasteiger partial charge on any atom is 0.253 e. The molecule has 1 atom stereocenters. The summed E-state index contributed by atoms with van der Waals surface area (Å²) in [6.45, 7) is 1.73. The van der Waals surface area contributed by atoms with Gasteiger partial charge < -0.3 is 14.4 Å². The number of piperidine rings is 1.